The van der Waals surface area contributed by atoms with Crippen LogP contribution in [0.2, 0.25) is 0 Å². The molecule has 0 aromatic heterocycles. The van der Waals surface area contributed by atoms with E-state index in [1.54, 1.807) is 0 Å². The Morgan fingerprint density at radius 3 is 2.71 bits per heavy atom. The summed E-state index contributed by atoms with van der Waals surface area (Å²) >= 11 is 0. The molecule has 3 nitrogen and oxygen atoms in total. The molecule has 1 saturated carbocycles. The predicted octanol–water partition coefficient (Wildman–Crippen LogP) is 0.975. The minimum atomic E-state index is 0.392. The lowest BCUT2D eigenvalue weighted by molar-refractivity contribution is -0.0650. The molecule has 4 atom stereocenters. The van der Waals surface area contributed by atoms with Crippen LogP contribution >= 0.6 is 0 Å². The normalized spacial score (nSPS) is 45.6. The van der Waals surface area contributed by atoms with Crippen molar-refractivity contribution < 1.29 is 4.74 Å². The topological polar surface area (TPSA) is 38.5 Å². The minimum Gasteiger partial charge on any atom is -0.376 e. The van der Waals surface area contributed by atoms with Crippen LogP contribution in [-0.4, -0.2) is 42.3 Å². The van der Waals surface area contributed by atoms with Gasteiger partial charge in [-0.05, 0) is 33.1 Å². The first-order valence-corrected chi connectivity index (χ1v) is 5.79. The van der Waals surface area contributed by atoms with Crippen LogP contribution in [0, 0.1) is 0 Å². The van der Waals surface area contributed by atoms with E-state index in [9.17, 15) is 0 Å². The molecule has 2 fully saturated rings. The van der Waals surface area contributed by atoms with Crippen molar-refractivity contribution in [1.29, 1.82) is 0 Å². The lowest BCUT2D eigenvalue weighted by Gasteiger charge is -2.40. The third-order valence-corrected chi connectivity index (χ3v) is 3.57. The van der Waals surface area contributed by atoms with Gasteiger partial charge in [-0.3, -0.25) is 4.90 Å². The summed E-state index contributed by atoms with van der Waals surface area (Å²) in [6, 6.07) is 1.72. The summed E-state index contributed by atoms with van der Waals surface area (Å²) in [5.41, 5.74) is 5.95. The zero-order valence-electron chi connectivity index (χ0n) is 9.28. The Bertz CT molecular complexity index is 198. The molecule has 1 saturated heterocycles. The van der Waals surface area contributed by atoms with Crippen LogP contribution in [0.3, 0.4) is 0 Å². The lowest BCUT2D eigenvalue weighted by atomic mass is 10.1. The second kappa shape index (κ2) is 4.17. The van der Waals surface area contributed by atoms with Gasteiger partial charge in [-0.25, -0.2) is 0 Å². The molecule has 1 aliphatic heterocycles. The summed E-state index contributed by atoms with van der Waals surface area (Å²) in [6.45, 7) is 6.38. The zero-order chi connectivity index (χ0) is 10.1. The van der Waals surface area contributed by atoms with Crippen LogP contribution in [0.1, 0.15) is 33.1 Å². The summed E-state index contributed by atoms with van der Waals surface area (Å²) in [5.74, 6) is 0. The lowest BCUT2D eigenvalue weighted by Crippen LogP contribution is -2.51. The molecule has 4 unspecified atom stereocenters. The van der Waals surface area contributed by atoms with Gasteiger partial charge in [0.05, 0.1) is 12.7 Å². The van der Waals surface area contributed by atoms with Crippen LogP contribution in [0.4, 0.5) is 0 Å². The second-order valence-electron chi connectivity index (χ2n) is 4.92. The molecular weight excluding hydrogens is 176 g/mol. The number of ether oxygens (including phenoxy) is 1. The molecule has 2 rings (SSSR count). The van der Waals surface area contributed by atoms with E-state index in [-0.39, 0.29) is 0 Å². The first-order chi connectivity index (χ1) is 6.66. The average Bonchev–Trinajstić information content (AvgIpc) is 2.56. The number of rotatable bonds is 1. The van der Waals surface area contributed by atoms with Gasteiger partial charge < -0.3 is 10.5 Å². The molecule has 2 N–H and O–H groups in total. The summed E-state index contributed by atoms with van der Waals surface area (Å²) in [7, 11) is 0. The van der Waals surface area contributed by atoms with Crippen molar-refractivity contribution in [3.63, 3.8) is 0 Å². The third-order valence-electron chi connectivity index (χ3n) is 3.57. The average molecular weight is 198 g/mol. The molecule has 0 aromatic rings. The third kappa shape index (κ3) is 2.10. The maximum Gasteiger partial charge on any atom is 0.0674 e. The van der Waals surface area contributed by atoms with Gasteiger partial charge in [-0.15, -0.1) is 0 Å². The Morgan fingerprint density at radius 1 is 1.29 bits per heavy atom. The molecule has 0 spiro atoms. The highest BCUT2D eigenvalue weighted by Gasteiger charge is 2.33. The quantitative estimate of drug-likeness (QED) is 0.682. The van der Waals surface area contributed by atoms with Crippen molar-refractivity contribution in [2.75, 3.05) is 13.2 Å². The van der Waals surface area contributed by atoms with Crippen molar-refractivity contribution in [1.82, 2.24) is 4.90 Å². The number of nitrogens with two attached hydrogens (primary N) is 1. The molecular formula is C11H22N2O. The fourth-order valence-electron chi connectivity index (χ4n) is 2.73. The van der Waals surface area contributed by atoms with E-state index in [1.165, 1.54) is 19.3 Å². The summed E-state index contributed by atoms with van der Waals surface area (Å²) in [6.07, 6.45) is 4.04. The van der Waals surface area contributed by atoms with Crippen LogP contribution in [-0.2, 0) is 4.74 Å². The zero-order valence-corrected chi connectivity index (χ0v) is 9.28. The van der Waals surface area contributed by atoms with Crippen LogP contribution < -0.4 is 5.73 Å². The van der Waals surface area contributed by atoms with E-state index in [2.05, 4.69) is 18.7 Å². The van der Waals surface area contributed by atoms with Crippen molar-refractivity contribution >= 4 is 0 Å². The summed E-state index contributed by atoms with van der Waals surface area (Å²) < 4.78 is 5.63. The van der Waals surface area contributed by atoms with E-state index in [4.69, 9.17) is 10.5 Å². The number of hydrogen-bond acceptors (Lipinski definition) is 3. The SMILES string of the molecule is CC1CN(C2CCC(N)C2)C(C)CO1. The number of morpholine rings is 1. The molecule has 14 heavy (non-hydrogen) atoms. The van der Waals surface area contributed by atoms with Crippen LogP contribution in [0.25, 0.3) is 0 Å². The molecule has 1 aliphatic carbocycles. The first-order valence-electron chi connectivity index (χ1n) is 5.79. The van der Waals surface area contributed by atoms with Gasteiger partial charge in [0.15, 0.2) is 0 Å². The van der Waals surface area contributed by atoms with Crippen LogP contribution in [0.15, 0.2) is 0 Å². The number of nitrogens with zero attached hydrogens (tertiary/aromatic N) is 1. The van der Waals surface area contributed by atoms with Gasteiger partial charge >= 0.3 is 0 Å². The van der Waals surface area contributed by atoms with Crippen molar-refractivity contribution in [3.05, 3.63) is 0 Å². The highest BCUT2D eigenvalue weighted by atomic mass is 16.5. The Kier molecular flexibility index (Phi) is 3.10. The van der Waals surface area contributed by atoms with Gasteiger partial charge in [0, 0.05) is 24.7 Å². The van der Waals surface area contributed by atoms with E-state index >= 15 is 0 Å². The fraction of sp³-hybridized carbons (Fsp3) is 1.00. The summed E-state index contributed by atoms with van der Waals surface area (Å²) in [4.78, 5) is 2.60. The molecule has 0 aromatic carbocycles. The molecule has 0 bridgehead atoms. The van der Waals surface area contributed by atoms with Gasteiger partial charge in [-0.2, -0.15) is 0 Å². The Hall–Kier alpha value is -0.120. The maximum absolute atomic E-state index is 5.95. The van der Waals surface area contributed by atoms with E-state index in [1.807, 2.05) is 0 Å². The largest absolute Gasteiger partial charge is 0.376 e. The highest BCUT2D eigenvalue weighted by molar-refractivity contribution is 4.89. The first kappa shape index (κ1) is 10.4. The molecule has 82 valence electrons. The summed E-state index contributed by atoms with van der Waals surface area (Å²) in [5, 5.41) is 0. The molecule has 0 radical (unpaired) electrons. The van der Waals surface area contributed by atoms with Crippen molar-refractivity contribution in [2.45, 2.75) is 57.3 Å². The fourth-order valence-corrected chi connectivity index (χ4v) is 2.73. The number of hydrogen-bond donors (Lipinski definition) is 1. The molecule has 3 heteroatoms. The molecule has 1 heterocycles. The van der Waals surface area contributed by atoms with E-state index < -0.39 is 0 Å². The Labute approximate surface area is 86.6 Å². The van der Waals surface area contributed by atoms with Gasteiger partial charge in [0.25, 0.3) is 0 Å². The Morgan fingerprint density at radius 2 is 2.07 bits per heavy atom. The smallest absolute Gasteiger partial charge is 0.0674 e. The maximum atomic E-state index is 5.95. The highest BCUT2D eigenvalue weighted by Crippen LogP contribution is 2.26. The standard InChI is InChI=1S/C11H22N2O/c1-8-7-14-9(2)6-13(8)11-4-3-10(12)5-11/h8-11H,3-7,12H2,1-2H3. The van der Waals surface area contributed by atoms with E-state index in [0.717, 1.165) is 13.2 Å². The van der Waals surface area contributed by atoms with E-state index in [0.29, 0.717) is 24.2 Å². The molecule has 0 amide bonds. The van der Waals surface area contributed by atoms with Gasteiger partial charge in [0.2, 0.25) is 0 Å². The minimum absolute atomic E-state index is 0.392. The van der Waals surface area contributed by atoms with Gasteiger partial charge in [-0.1, -0.05) is 0 Å². The monoisotopic (exact) mass is 198 g/mol. The Balaban J connectivity index is 1.94. The van der Waals surface area contributed by atoms with Crippen molar-refractivity contribution in [2.24, 2.45) is 5.73 Å². The van der Waals surface area contributed by atoms with Gasteiger partial charge in [0.1, 0.15) is 0 Å². The van der Waals surface area contributed by atoms with Crippen molar-refractivity contribution in [3.8, 4) is 0 Å². The second-order valence-corrected chi connectivity index (χ2v) is 4.92. The molecule has 2 aliphatic rings. The van der Waals surface area contributed by atoms with Crippen LogP contribution in [0.5, 0.6) is 0 Å². The predicted molar refractivity (Wildman–Crippen MR) is 57.2 cm³/mol.